The molecule has 0 radical (unpaired) electrons. The molecule has 3 N–H and O–H groups in total. The Bertz CT molecular complexity index is 741. The molecular formula is C20H25N3O2. The first-order valence-corrected chi connectivity index (χ1v) is 9.14. The van der Waals surface area contributed by atoms with Crippen molar-refractivity contribution in [3.8, 4) is 11.1 Å². The summed E-state index contributed by atoms with van der Waals surface area (Å²) in [6.45, 7) is 3.83. The third-order valence-corrected chi connectivity index (χ3v) is 5.52. The summed E-state index contributed by atoms with van der Waals surface area (Å²) < 4.78 is 5.22. The monoisotopic (exact) mass is 339 g/mol. The van der Waals surface area contributed by atoms with Crippen LogP contribution in [0.3, 0.4) is 0 Å². The lowest BCUT2D eigenvalue weighted by atomic mass is 9.89. The molecule has 0 aliphatic heterocycles. The van der Waals surface area contributed by atoms with Crippen molar-refractivity contribution in [3.05, 3.63) is 35.7 Å². The standard InChI is InChI=1S/C20H25N3O2/c1-11-17(12(2)25-23-11)13-7-9-16(10-8-13)22-20(24)19(21)18(14-3-4-14)15-5-6-15/h7-10,14-15,18-19H,3-6,21H2,1-2H3,(H,22,24)/t19-/m0/s1. The molecule has 0 saturated heterocycles. The van der Waals surface area contributed by atoms with Crippen molar-refractivity contribution in [1.29, 1.82) is 0 Å². The lowest BCUT2D eigenvalue weighted by Gasteiger charge is -2.22. The first-order chi connectivity index (χ1) is 12.0. The highest BCUT2D eigenvalue weighted by Gasteiger charge is 2.46. The first-order valence-electron chi connectivity index (χ1n) is 9.14. The number of nitrogens with two attached hydrogens (primary N) is 1. The second-order valence-electron chi connectivity index (χ2n) is 7.54. The summed E-state index contributed by atoms with van der Waals surface area (Å²) in [5, 5.41) is 6.98. The third kappa shape index (κ3) is 3.33. The maximum atomic E-state index is 12.6. The normalized spacial score (nSPS) is 18.4. The van der Waals surface area contributed by atoms with Crippen LogP contribution in [0.1, 0.15) is 37.1 Å². The van der Waals surface area contributed by atoms with Gasteiger partial charge in [-0.25, -0.2) is 0 Å². The molecule has 2 aromatic rings. The fourth-order valence-corrected chi connectivity index (χ4v) is 3.95. The molecule has 1 heterocycles. The van der Waals surface area contributed by atoms with Gasteiger partial charge < -0.3 is 15.6 Å². The van der Waals surface area contributed by atoms with Gasteiger partial charge in [-0.1, -0.05) is 17.3 Å². The van der Waals surface area contributed by atoms with E-state index in [4.69, 9.17) is 10.3 Å². The molecule has 25 heavy (non-hydrogen) atoms. The number of anilines is 1. The summed E-state index contributed by atoms with van der Waals surface area (Å²) in [6, 6.07) is 7.38. The quantitative estimate of drug-likeness (QED) is 0.841. The van der Waals surface area contributed by atoms with E-state index in [0.29, 0.717) is 17.8 Å². The van der Waals surface area contributed by atoms with Gasteiger partial charge in [0.05, 0.1) is 11.7 Å². The van der Waals surface area contributed by atoms with Gasteiger partial charge in [0.2, 0.25) is 5.91 Å². The van der Waals surface area contributed by atoms with E-state index < -0.39 is 6.04 Å². The molecule has 0 spiro atoms. The average molecular weight is 339 g/mol. The molecule has 5 nitrogen and oxygen atoms in total. The number of aromatic nitrogens is 1. The number of benzene rings is 1. The number of carbonyl (C=O) groups is 1. The zero-order valence-electron chi connectivity index (χ0n) is 14.8. The number of hydrogen-bond acceptors (Lipinski definition) is 4. The number of carbonyl (C=O) groups excluding carboxylic acids is 1. The van der Waals surface area contributed by atoms with E-state index in [1.807, 2.05) is 38.1 Å². The van der Waals surface area contributed by atoms with Crippen LogP contribution in [0.15, 0.2) is 28.8 Å². The van der Waals surface area contributed by atoms with Gasteiger partial charge in [-0.15, -0.1) is 0 Å². The fourth-order valence-electron chi connectivity index (χ4n) is 3.95. The Morgan fingerprint density at radius 2 is 1.76 bits per heavy atom. The summed E-state index contributed by atoms with van der Waals surface area (Å²) in [5.41, 5.74) is 10.00. The molecule has 1 atom stereocenters. The van der Waals surface area contributed by atoms with Crippen molar-refractivity contribution in [2.75, 3.05) is 5.32 Å². The maximum absolute atomic E-state index is 12.6. The van der Waals surface area contributed by atoms with E-state index in [-0.39, 0.29) is 5.91 Å². The SMILES string of the molecule is Cc1noc(C)c1-c1ccc(NC(=O)[C@@H](N)C(C2CC2)C2CC2)cc1. The lowest BCUT2D eigenvalue weighted by molar-refractivity contribution is -0.118. The van der Waals surface area contributed by atoms with Crippen molar-refractivity contribution >= 4 is 11.6 Å². The zero-order chi connectivity index (χ0) is 17.6. The molecule has 4 rings (SSSR count). The second-order valence-corrected chi connectivity index (χ2v) is 7.54. The average Bonchev–Trinajstić information content (AvgIpc) is 3.51. The summed E-state index contributed by atoms with van der Waals surface area (Å²) in [4.78, 5) is 12.6. The number of aryl methyl sites for hydroxylation is 2. The number of nitrogens with one attached hydrogen (secondary N) is 1. The molecule has 2 fully saturated rings. The summed E-state index contributed by atoms with van der Waals surface area (Å²) in [7, 11) is 0. The molecule has 132 valence electrons. The topological polar surface area (TPSA) is 81.2 Å². The Hall–Kier alpha value is -2.14. The summed E-state index contributed by atoms with van der Waals surface area (Å²) in [5.74, 6) is 2.42. The van der Waals surface area contributed by atoms with Crippen molar-refractivity contribution in [2.24, 2.45) is 23.5 Å². The molecule has 5 heteroatoms. The first kappa shape index (κ1) is 16.3. The van der Waals surface area contributed by atoms with Crippen molar-refractivity contribution in [3.63, 3.8) is 0 Å². The molecule has 0 unspecified atom stereocenters. The van der Waals surface area contributed by atoms with Gasteiger partial charge in [0.1, 0.15) is 5.76 Å². The van der Waals surface area contributed by atoms with Crippen LogP contribution >= 0.6 is 0 Å². The Balaban J connectivity index is 1.44. The van der Waals surface area contributed by atoms with Gasteiger partial charge in [0.25, 0.3) is 0 Å². The van der Waals surface area contributed by atoms with Crippen LogP contribution < -0.4 is 11.1 Å². The number of amides is 1. The predicted octanol–water partition coefficient (Wildman–Crippen LogP) is 3.66. The van der Waals surface area contributed by atoms with Crippen molar-refractivity contribution in [2.45, 2.75) is 45.6 Å². The highest BCUT2D eigenvalue weighted by molar-refractivity contribution is 5.95. The predicted molar refractivity (Wildman–Crippen MR) is 97.0 cm³/mol. The Morgan fingerprint density at radius 3 is 2.24 bits per heavy atom. The fraction of sp³-hybridized carbons (Fsp3) is 0.500. The summed E-state index contributed by atoms with van der Waals surface area (Å²) in [6.07, 6.45) is 4.92. The van der Waals surface area contributed by atoms with E-state index in [1.54, 1.807) is 0 Å². The zero-order valence-corrected chi connectivity index (χ0v) is 14.8. The number of nitrogens with zero attached hydrogens (tertiary/aromatic N) is 1. The molecule has 2 aliphatic carbocycles. The molecule has 1 aromatic carbocycles. The number of hydrogen-bond donors (Lipinski definition) is 2. The molecule has 2 aliphatic rings. The van der Waals surface area contributed by atoms with Crippen LogP contribution in [0.5, 0.6) is 0 Å². The lowest BCUT2D eigenvalue weighted by Crippen LogP contribution is -2.43. The van der Waals surface area contributed by atoms with E-state index in [0.717, 1.165) is 28.3 Å². The van der Waals surface area contributed by atoms with Crippen LogP contribution in [0.2, 0.25) is 0 Å². The van der Waals surface area contributed by atoms with E-state index in [2.05, 4.69) is 10.5 Å². The third-order valence-electron chi connectivity index (χ3n) is 5.52. The smallest absolute Gasteiger partial charge is 0.241 e. The largest absolute Gasteiger partial charge is 0.361 e. The maximum Gasteiger partial charge on any atom is 0.241 e. The van der Waals surface area contributed by atoms with Gasteiger partial charge in [-0.05, 0) is 75.0 Å². The second kappa shape index (κ2) is 6.30. The van der Waals surface area contributed by atoms with Gasteiger partial charge in [0, 0.05) is 11.3 Å². The summed E-state index contributed by atoms with van der Waals surface area (Å²) >= 11 is 0. The van der Waals surface area contributed by atoms with Crippen LogP contribution in [-0.2, 0) is 4.79 Å². The van der Waals surface area contributed by atoms with Crippen LogP contribution in [0, 0.1) is 31.6 Å². The molecule has 2 saturated carbocycles. The van der Waals surface area contributed by atoms with Crippen molar-refractivity contribution < 1.29 is 9.32 Å². The highest BCUT2D eigenvalue weighted by Crippen LogP contribution is 2.50. The van der Waals surface area contributed by atoms with Crippen LogP contribution in [-0.4, -0.2) is 17.1 Å². The van der Waals surface area contributed by atoms with Gasteiger partial charge >= 0.3 is 0 Å². The molecule has 0 bridgehead atoms. The van der Waals surface area contributed by atoms with Crippen LogP contribution in [0.4, 0.5) is 5.69 Å². The van der Waals surface area contributed by atoms with Gasteiger partial charge in [0.15, 0.2) is 0 Å². The molecule has 1 amide bonds. The van der Waals surface area contributed by atoms with Crippen molar-refractivity contribution in [1.82, 2.24) is 5.16 Å². The Labute approximate surface area is 148 Å². The highest BCUT2D eigenvalue weighted by atomic mass is 16.5. The van der Waals surface area contributed by atoms with E-state index in [1.165, 1.54) is 25.7 Å². The van der Waals surface area contributed by atoms with Crippen LogP contribution in [0.25, 0.3) is 11.1 Å². The Morgan fingerprint density at radius 1 is 1.16 bits per heavy atom. The number of rotatable bonds is 6. The Kier molecular flexibility index (Phi) is 4.12. The minimum atomic E-state index is -0.401. The minimum absolute atomic E-state index is 0.0612. The molecule has 1 aromatic heterocycles. The van der Waals surface area contributed by atoms with Gasteiger partial charge in [-0.2, -0.15) is 0 Å². The van der Waals surface area contributed by atoms with E-state index in [9.17, 15) is 4.79 Å². The molecular weight excluding hydrogens is 314 g/mol. The minimum Gasteiger partial charge on any atom is -0.361 e. The van der Waals surface area contributed by atoms with Gasteiger partial charge in [-0.3, -0.25) is 4.79 Å². The van der Waals surface area contributed by atoms with E-state index >= 15 is 0 Å².